The summed E-state index contributed by atoms with van der Waals surface area (Å²) in [7, 11) is 1.66. The number of carbonyl (C=O) groups excluding carboxylic acids is 1. The van der Waals surface area contributed by atoms with Gasteiger partial charge in [-0.25, -0.2) is 4.98 Å². The summed E-state index contributed by atoms with van der Waals surface area (Å²) in [5.41, 5.74) is 2.85. The average Bonchev–Trinajstić information content (AvgIpc) is 3.16. The molecule has 28 heavy (non-hydrogen) atoms. The summed E-state index contributed by atoms with van der Waals surface area (Å²) in [6.45, 7) is 3.86. The van der Waals surface area contributed by atoms with Crippen molar-refractivity contribution in [2.24, 2.45) is 0 Å². The van der Waals surface area contributed by atoms with Crippen LogP contribution in [0.1, 0.15) is 37.2 Å². The number of fused-ring (bicyclic) bond motifs is 2. The number of aromatic nitrogens is 2. The number of nitrogens with zero attached hydrogens (tertiary/aromatic N) is 1. The van der Waals surface area contributed by atoms with Gasteiger partial charge < -0.3 is 15.0 Å². The molecular formula is C23H23N3O2. The highest BCUT2D eigenvalue weighted by Crippen LogP contribution is 2.26. The van der Waals surface area contributed by atoms with Gasteiger partial charge in [0.2, 0.25) is 5.91 Å². The number of imidazole rings is 1. The number of nitrogens with one attached hydrogen (secondary N) is 2. The molecule has 0 aliphatic rings. The first-order valence-corrected chi connectivity index (χ1v) is 9.38. The van der Waals surface area contributed by atoms with Gasteiger partial charge in [0.15, 0.2) is 0 Å². The van der Waals surface area contributed by atoms with Crippen LogP contribution in [0, 0.1) is 0 Å². The topological polar surface area (TPSA) is 67.0 Å². The van der Waals surface area contributed by atoms with Crippen molar-refractivity contribution >= 4 is 27.7 Å². The Morgan fingerprint density at radius 1 is 1.04 bits per heavy atom. The summed E-state index contributed by atoms with van der Waals surface area (Å²) in [6.07, 6.45) is 0. The lowest BCUT2D eigenvalue weighted by Crippen LogP contribution is -2.31. The second kappa shape index (κ2) is 7.35. The zero-order chi connectivity index (χ0) is 19.7. The molecule has 0 aliphatic heterocycles. The van der Waals surface area contributed by atoms with Gasteiger partial charge in [0.25, 0.3) is 0 Å². The quantitative estimate of drug-likeness (QED) is 0.533. The van der Waals surface area contributed by atoms with Crippen molar-refractivity contribution in [2.45, 2.75) is 25.8 Å². The molecule has 5 nitrogen and oxygen atoms in total. The number of hydrogen-bond donors (Lipinski definition) is 2. The van der Waals surface area contributed by atoms with Crippen molar-refractivity contribution in [3.05, 3.63) is 72.1 Å². The zero-order valence-electron chi connectivity index (χ0n) is 16.2. The molecule has 1 unspecified atom stereocenters. The smallest absolute Gasteiger partial charge is 0.227 e. The van der Waals surface area contributed by atoms with E-state index in [0.29, 0.717) is 0 Å². The number of benzene rings is 3. The van der Waals surface area contributed by atoms with Gasteiger partial charge >= 0.3 is 0 Å². The number of rotatable bonds is 5. The summed E-state index contributed by atoms with van der Waals surface area (Å²) in [5.74, 6) is 1.29. The Balaban J connectivity index is 1.51. The number of methoxy groups -OCH3 is 1. The van der Waals surface area contributed by atoms with Crippen LogP contribution in [0.2, 0.25) is 0 Å². The van der Waals surface area contributed by atoms with Gasteiger partial charge in [0.1, 0.15) is 11.6 Å². The molecule has 4 rings (SSSR count). The SMILES string of the molecule is COc1ccc2cc([C@H](C)C(=O)NC(C)c3nc4ccccc4[nH]3)ccc2c1. The van der Waals surface area contributed by atoms with Crippen LogP contribution in [-0.2, 0) is 4.79 Å². The Labute approximate surface area is 163 Å². The van der Waals surface area contributed by atoms with Crippen LogP contribution in [0.3, 0.4) is 0 Å². The van der Waals surface area contributed by atoms with E-state index in [1.165, 1.54) is 0 Å². The minimum Gasteiger partial charge on any atom is -0.497 e. The molecule has 3 aromatic carbocycles. The number of hydrogen-bond acceptors (Lipinski definition) is 3. The maximum atomic E-state index is 12.8. The number of ether oxygens (including phenoxy) is 1. The fourth-order valence-electron chi connectivity index (χ4n) is 3.37. The normalized spacial score (nSPS) is 13.4. The van der Waals surface area contributed by atoms with Gasteiger partial charge in [-0.15, -0.1) is 0 Å². The van der Waals surface area contributed by atoms with E-state index in [9.17, 15) is 4.79 Å². The molecule has 2 atom stereocenters. The summed E-state index contributed by atoms with van der Waals surface area (Å²) in [5, 5.41) is 5.24. The Kier molecular flexibility index (Phi) is 4.74. The lowest BCUT2D eigenvalue weighted by atomic mass is 9.96. The van der Waals surface area contributed by atoms with Crippen LogP contribution in [-0.4, -0.2) is 23.0 Å². The van der Waals surface area contributed by atoms with Crippen LogP contribution in [0.5, 0.6) is 5.75 Å². The highest BCUT2D eigenvalue weighted by molar-refractivity contribution is 5.88. The third-order valence-electron chi connectivity index (χ3n) is 5.14. The molecule has 5 heteroatoms. The molecule has 2 N–H and O–H groups in total. The first-order chi connectivity index (χ1) is 13.5. The lowest BCUT2D eigenvalue weighted by molar-refractivity contribution is -0.122. The van der Waals surface area contributed by atoms with Crippen LogP contribution in [0.15, 0.2) is 60.7 Å². The molecule has 142 valence electrons. The predicted molar refractivity (Wildman–Crippen MR) is 112 cm³/mol. The van der Waals surface area contributed by atoms with Crippen molar-refractivity contribution in [3.8, 4) is 5.75 Å². The van der Waals surface area contributed by atoms with Crippen molar-refractivity contribution in [2.75, 3.05) is 7.11 Å². The van der Waals surface area contributed by atoms with Crippen molar-refractivity contribution in [1.29, 1.82) is 0 Å². The molecule has 1 amide bonds. The number of carbonyl (C=O) groups is 1. The maximum absolute atomic E-state index is 12.8. The molecule has 1 aromatic heterocycles. The van der Waals surface area contributed by atoms with Crippen molar-refractivity contribution in [3.63, 3.8) is 0 Å². The first-order valence-electron chi connectivity index (χ1n) is 9.38. The molecular weight excluding hydrogens is 350 g/mol. The first kappa shape index (κ1) is 18.0. The van der Waals surface area contributed by atoms with E-state index in [1.54, 1.807) is 7.11 Å². The number of amides is 1. The molecule has 4 aromatic rings. The molecule has 0 fully saturated rings. The van der Waals surface area contributed by atoms with Gasteiger partial charge in [-0.3, -0.25) is 4.79 Å². The predicted octanol–water partition coefficient (Wildman–Crippen LogP) is 4.71. The Morgan fingerprint density at radius 2 is 1.79 bits per heavy atom. The van der Waals surface area contributed by atoms with Crippen LogP contribution in [0.4, 0.5) is 0 Å². The number of H-pyrrole nitrogens is 1. The van der Waals surface area contributed by atoms with E-state index in [-0.39, 0.29) is 17.9 Å². The van der Waals surface area contributed by atoms with E-state index in [1.807, 2.05) is 68.4 Å². The molecule has 0 saturated carbocycles. The van der Waals surface area contributed by atoms with Crippen LogP contribution < -0.4 is 10.1 Å². The third kappa shape index (κ3) is 3.43. The Morgan fingerprint density at radius 3 is 2.57 bits per heavy atom. The molecule has 0 bridgehead atoms. The number of para-hydroxylation sites is 2. The molecule has 0 radical (unpaired) electrons. The monoisotopic (exact) mass is 373 g/mol. The van der Waals surface area contributed by atoms with Gasteiger partial charge in [0, 0.05) is 0 Å². The second-order valence-corrected chi connectivity index (χ2v) is 7.06. The minimum atomic E-state index is -0.265. The van der Waals surface area contributed by atoms with Crippen LogP contribution >= 0.6 is 0 Å². The van der Waals surface area contributed by atoms with Gasteiger partial charge in [-0.1, -0.05) is 36.4 Å². The average molecular weight is 373 g/mol. The standard InChI is InChI=1S/C23H23N3O2/c1-14(16-8-9-18-13-19(28-3)11-10-17(18)12-16)23(27)24-15(2)22-25-20-6-4-5-7-21(20)26-22/h4-15H,1-3H3,(H,24,27)(H,25,26)/t14-,15?/m0/s1. The largest absolute Gasteiger partial charge is 0.497 e. The summed E-state index contributed by atoms with van der Waals surface area (Å²) in [4.78, 5) is 20.7. The van der Waals surface area contributed by atoms with Crippen LogP contribution in [0.25, 0.3) is 21.8 Å². The fraction of sp³-hybridized carbons (Fsp3) is 0.217. The van der Waals surface area contributed by atoms with E-state index < -0.39 is 0 Å². The Hall–Kier alpha value is -3.34. The lowest BCUT2D eigenvalue weighted by Gasteiger charge is -2.17. The van der Waals surface area contributed by atoms with Gasteiger partial charge in [-0.05, 0) is 54.4 Å². The fourth-order valence-corrected chi connectivity index (χ4v) is 3.37. The molecule has 0 saturated heterocycles. The molecule has 0 spiro atoms. The molecule has 0 aliphatic carbocycles. The van der Waals surface area contributed by atoms with Gasteiger partial charge in [-0.2, -0.15) is 0 Å². The van der Waals surface area contributed by atoms with Crippen molar-refractivity contribution in [1.82, 2.24) is 15.3 Å². The Bertz CT molecular complexity index is 1120. The third-order valence-corrected chi connectivity index (χ3v) is 5.14. The van der Waals surface area contributed by atoms with E-state index in [0.717, 1.165) is 38.9 Å². The molecule has 1 heterocycles. The van der Waals surface area contributed by atoms with E-state index in [2.05, 4.69) is 21.4 Å². The second-order valence-electron chi connectivity index (χ2n) is 7.06. The van der Waals surface area contributed by atoms with E-state index in [4.69, 9.17) is 4.74 Å². The van der Waals surface area contributed by atoms with E-state index >= 15 is 0 Å². The highest BCUT2D eigenvalue weighted by atomic mass is 16.5. The zero-order valence-corrected chi connectivity index (χ0v) is 16.2. The summed E-state index contributed by atoms with van der Waals surface area (Å²) < 4.78 is 5.27. The summed E-state index contributed by atoms with van der Waals surface area (Å²) >= 11 is 0. The minimum absolute atomic E-state index is 0.0270. The van der Waals surface area contributed by atoms with Gasteiger partial charge in [0.05, 0.1) is 30.1 Å². The highest BCUT2D eigenvalue weighted by Gasteiger charge is 2.20. The summed E-state index contributed by atoms with van der Waals surface area (Å²) in [6, 6.07) is 19.7. The number of aromatic amines is 1. The maximum Gasteiger partial charge on any atom is 0.227 e. The van der Waals surface area contributed by atoms with Crippen molar-refractivity contribution < 1.29 is 9.53 Å².